The molecule has 1 aliphatic heterocycles. The Morgan fingerprint density at radius 2 is 0.913 bits per heavy atom. The van der Waals surface area contributed by atoms with Crippen molar-refractivity contribution in [2.24, 2.45) is 0 Å². The minimum absolute atomic E-state index is 0.154. The minimum atomic E-state index is -4.61. The first-order chi connectivity index (χ1) is 33.5. The number of esters is 2. The first-order valence-corrected chi connectivity index (χ1v) is 28.6. The van der Waals surface area contributed by atoms with Crippen molar-refractivity contribution in [1.82, 2.24) is 0 Å². The van der Waals surface area contributed by atoms with E-state index >= 15 is 0 Å². The number of rotatable bonds is 45. The molecule has 0 aromatic rings. The highest BCUT2D eigenvalue weighted by molar-refractivity contribution is 7.85. The van der Waals surface area contributed by atoms with E-state index in [0.717, 1.165) is 96.3 Å². The fourth-order valence-corrected chi connectivity index (χ4v) is 8.57. The summed E-state index contributed by atoms with van der Waals surface area (Å²) >= 11 is 0. The zero-order valence-electron chi connectivity index (χ0n) is 42.9. The van der Waals surface area contributed by atoms with Crippen LogP contribution in [0, 0.1) is 0 Å². The molecule has 0 amide bonds. The third-order valence-electron chi connectivity index (χ3n) is 12.0. The first-order valence-electron chi connectivity index (χ1n) is 27.0. The molecule has 6 unspecified atom stereocenters. The van der Waals surface area contributed by atoms with E-state index < -0.39 is 71.2 Å². The fourth-order valence-electron chi connectivity index (χ4n) is 7.88. The lowest BCUT2D eigenvalue weighted by molar-refractivity contribution is -0.297. The molecule has 398 valence electrons. The minimum Gasteiger partial charge on any atom is -0.462 e. The Balaban J connectivity index is 2.36. The van der Waals surface area contributed by atoms with Gasteiger partial charge in [-0.2, -0.15) is 8.42 Å². The lowest BCUT2D eigenvalue weighted by Crippen LogP contribution is -2.60. The van der Waals surface area contributed by atoms with Crippen LogP contribution in [0.2, 0.25) is 0 Å². The van der Waals surface area contributed by atoms with Gasteiger partial charge >= 0.3 is 11.9 Å². The number of unbranched alkanes of at least 4 members (excludes halogenated alkanes) is 21. The summed E-state index contributed by atoms with van der Waals surface area (Å²) in [7, 11) is -4.61. The molecule has 69 heavy (non-hydrogen) atoms. The van der Waals surface area contributed by atoms with Crippen LogP contribution in [0.3, 0.4) is 0 Å². The maximum atomic E-state index is 12.9. The topological polar surface area (TPSA) is 186 Å². The van der Waals surface area contributed by atoms with Crippen molar-refractivity contribution in [2.75, 3.05) is 19.0 Å². The summed E-state index contributed by atoms with van der Waals surface area (Å²) in [6, 6.07) is 0. The van der Waals surface area contributed by atoms with Crippen LogP contribution < -0.4 is 0 Å². The van der Waals surface area contributed by atoms with Crippen molar-refractivity contribution < 1.29 is 56.8 Å². The Morgan fingerprint density at radius 1 is 0.507 bits per heavy atom. The molecule has 6 atom stereocenters. The van der Waals surface area contributed by atoms with Crippen LogP contribution in [-0.4, -0.2) is 96.0 Å². The number of aliphatic hydroxyl groups is 3. The first kappa shape index (κ1) is 64.1. The van der Waals surface area contributed by atoms with E-state index in [1.807, 2.05) is 0 Å². The molecule has 4 N–H and O–H groups in total. The normalized spacial score (nSPS) is 19.7. The Labute approximate surface area is 418 Å². The van der Waals surface area contributed by atoms with Crippen LogP contribution in [0.5, 0.6) is 0 Å². The number of allylic oxidation sites excluding steroid dienone is 12. The molecule has 1 aliphatic rings. The van der Waals surface area contributed by atoms with E-state index in [1.54, 1.807) is 0 Å². The van der Waals surface area contributed by atoms with E-state index in [1.165, 1.54) is 77.0 Å². The molecule has 1 heterocycles. The second kappa shape index (κ2) is 45.0. The average Bonchev–Trinajstić information content (AvgIpc) is 3.32. The van der Waals surface area contributed by atoms with Crippen LogP contribution in [-0.2, 0) is 38.7 Å². The highest BCUT2D eigenvalue weighted by Gasteiger charge is 2.46. The molecule has 0 aromatic heterocycles. The molecule has 0 saturated carbocycles. The van der Waals surface area contributed by atoms with Gasteiger partial charge in [0.15, 0.2) is 12.4 Å². The molecule has 0 aliphatic carbocycles. The van der Waals surface area contributed by atoms with Gasteiger partial charge in [0, 0.05) is 12.8 Å². The van der Waals surface area contributed by atoms with E-state index in [-0.39, 0.29) is 19.4 Å². The smallest absolute Gasteiger partial charge is 0.306 e. The fraction of sp³-hybridized carbons (Fsp3) is 0.750. The van der Waals surface area contributed by atoms with Gasteiger partial charge in [-0.15, -0.1) is 0 Å². The Hall–Kier alpha value is -2.91. The molecular formula is C56H96O12S. The molecule has 0 bridgehead atoms. The standard InChI is InChI=1S/C56H96O12S/c1-3-5-7-9-11-13-15-17-19-21-23-24-25-26-27-29-31-33-35-37-39-41-43-45-52(58)67-49(47-66-56-55(61)54(60)53(59)50(68-56)48-69(62,63)64)46-65-51(57)44-42-40-38-36-34-32-30-28-22-20-18-16-14-12-10-8-6-4-2/h5,7,11,13-14,16-17,19-20,22-24,49-50,53-56,59-61H,3-4,6,8-10,12,15,18,21,25-48H2,1-2H3,(H,62,63,64)/b7-5-,13-11-,16-14-,19-17-,22-20-,24-23-. The van der Waals surface area contributed by atoms with Crippen molar-refractivity contribution in [1.29, 1.82) is 0 Å². The largest absolute Gasteiger partial charge is 0.462 e. The van der Waals surface area contributed by atoms with E-state index in [2.05, 4.69) is 86.8 Å². The number of carbonyl (C=O) groups excluding carboxylic acids is 2. The van der Waals surface area contributed by atoms with Gasteiger partial charge in [-0.3, -0.25) is 14.1 Å². The summed E-state index contributed by atoms with van der Waals surface area (Å²) in [5.74, 6) is -2.00. The second-order valence-corrected chi connectivity index (χ2v) is 20.0. The molecule has 0 spiro atoms. The number of ether oxygens (including phenoxy) is 4. The molecule has 13 heteroatoms. The van der Waals surface area contributed by atoms with Crippen LogP contribution >= 0.6 is 0 Å². The van der Waals surface area contributed by atoms with E-state index in [0.29, 0.717) is 12.8 Å². The van der Waals surface area contributed by atoms with Crippen LogP contribution in [0.25, 0.3) is 0 Å². The monoisotopic (exact) mass is 993 g/mol. The third kappa shape index (κ3) is 39.4. The van der Waals surface area contributed by atoms with Crippen molar-refractivity contribution in [3.63, 3.8) is 0 Å². The highest BCUT2D eigenvalue weighted by atomic mass is 32.2. The van der Waals surface area contributed by atoms with Gasteiger partial charge in [-0.25, -0.2) is 0 Å². The zero-order chi connectivity index (χ0) is 50.5. The van der Waals surface area contributed by atoms with E-state index in [4.69, 9.17) is 18.9 Å². The molecule has 1 rings (SSSR count). The van der Waals surface area contributed by atoms with Gasteiger partial charge in [0.05, 0.1) is 6.61 Å². The summed E-state index contributed by atoms with van der Waals surface area (Å²) in [4.78, 5) is 25.6. The predicted molar refractivity (Wildman–Crippen MR) is 279 cm³/mol. The molecule has 0 aromatic carbocycles. The summed E-state index contributed by atoms with van der Waals surface area (Å²) < 4.78 is 54.3. The van der Waals surface area contributed by atoms with Gasteiger partial charge in [-0.05, 0) is 83.5 Å². The molecule has 12 nitrogen and oxygen atoms in total. The van der Waals surface area contributed by atoms with Crippen molar-refractivity contribution in [3.05, 3.63) is 72.9 Å². The highest BCUT2D eigenvalue weighted by Crippen LogP contribution is 2.24. The van der Waals surface area contributed by atoms with Gasteiger partial charge in [-0.1, -0.05) is 189 Å². The van der Waals surface area contributed by atoms with Crippen LogP contribution in [0.4, 0.5) is 0 Å². The van der Waals surface area contributed by atoms with Gasteiger partial charge < -0.3 is 34.3 Å². The SMILES string of the molecule is CC/C=C\C/C=C\C/C=C\C/C=C\CCCCCCCCCCCCC(=O)OC(COC(=O)CCCCCCCCC/C=C\C/C=C\CCCCCC)COC1OC(CS(=O)(=O)O)C(O)C(O)C1O. The maximum Gasteiger partial charge on any atom is 0.306 e. The maximum absolute atomic E-state index is 12.9. The lowest BCUT2D eigenvalue weighted by atomic mass is 10.00. The Bertz CT molecular complexity index is 1540. The Kier molecular flexibility index (Phi) is 41.8. The zero-order valence-corrected chi connectivity index (χ0v) is 43.7. The van der Waals surface area contributed by atoms with Crippen molar-refractivity contribution in [3.8, 4) is 0 Å². The number of hydrogen-bond acceptors (Lipinski definition) is 11. The number of hydrogen-bond donors (Lipinski definition) is 4. The van der Waals surface area contributed by atoms with E-state index in [9.17, 15) is 37.9 Å². The number of carbonyl (C=O) groups is 2. The van der Waals surface area contributed by atoms with Crippen molar-refractivity contribution >= 4 is 22.1 Å². The van der Waals surface area contributed by atoms with Crippen LogP contribution in [0.15, 0.2) is 72.9 Å². The molecule has 0 radical (unpaired) electrons. The molecule has 1 saturated heterocycles. The second-order valence-electron chi connectivity index (χ2n) is 18.5. The van der Waals surface area contributed by atoms with Gasteiger partial charge in [0.25, 0.3) is 10.1 Å². The third-order valence-corrected chi connectivity index (χ3v) is 12.8. The predicted octanol–water partition coefficient (Wildman–Crippen LogP) is 12.6. The van der Waals surface area contributed by atoms with Gasteiger partial charge in [0.1, 0.15) is 36.8 Å². The average molecular weight is 993 g/mol. The summed E-state index contributed by atoms with van der Waals surface area (Å²) in [6.07, 6.45) is 49.3. The quantitative estimate of drug-likeness (QED) is 0.0196. The molecular weight excluding hydrogens is 897 g/mol. The van der Waals surface area contributed by atoms with Crippen LogP contribution in [0.1, 0.15) is 213 Å². The summed E-state index contributed by atoms with van der Waals surface area (Å²) in [6.45, 7) is 3.64. The molecule has 1 fully saturated rings. The number of aliphatic hydroxyl groups excluding tert-OH is 3. The van der Waals surface area contributed by atoms with Gasteiger partial charge in [0.2, 0.25) is 0 Å². The summed E-state index contributed by atoms with van der Waals surface area (Å²) in [5.41, 5.74) is 0. The summed E-state index contributed by atoms with van der Waals surface area (Å²) in [5, 5.41) is 31.0. The lowest BCUT2D eigenvalue weighted by Gasteiger charge is -2.40. The Morgan fingerprint density at radius 3 is 1.36 bits per heavy atom. The van der Waals surface area contributed by atoms with Crippen molar-refractivity contribution in [2.45, 2.75) is 250 Å².